The van der Waals surface area contributed by atoms with Crippen molar-refractivity contribution in [3.8, 4) is 0 Å². The SMILES string of the molecule is CC(C)CNCc1ccc(CN(C)CC(F)(F)F)s1. The lowest BCUT2D eigenvalue weighted by Crippen LogP contribution is -2.30. The van der Waals surface area contributed by atoms with Crippen molar-refractivity contribution in [1.82, 2.24) is 10.2 Å². The van der Waals surface area contributed by atoms with Crippen molar-refractivity contribution < 1.29 is 13.2 Å². The van der Waals surface area contributed by atoms with E-state index in [-0.39, 0.29) is 0 Å². The minimum atomic E-state index is -4.13. The molecule has 0 amide bonds. The van der Waals surface area contributed by atoms with E-state index in [2.05, 4.69) is 19.2 Å². The van der Waals surface area contributed by atoms with Crippen LogP contribution in [0.1, 0.15) is 23.6 Å². The molecule has 0 fully saturated rings. The summed E-state index contributed by atoms with van der Waals surface area (Å²) in [5.41, 5.74) is 0. The van der Waals surface area contributed by atoms with Crippen LogP contribution in [-0.4, -0.2) is 31.2 Å². The van der Waals surface area contributed by atoms with Gasteiger partial charge in [0, 0.05) is 22.8 Å². The average Bonchev–Trinajstić information content (AvgIpc) is 2.61. The molecule has 1 aromatic heterocycles. The van der Waals surface area contributed by atoms with Gasteiger partial charge in [0.05, 0.1) is 6.54 Å². The monoisotopic (exact) mass is 294 g/mol. The fourth-order valence-corrected chi connectivity index (χ4v) is 2.78. The number of alkyl halides is 3. The second-order valence-electron chi connectivity index (χ2n) is 5.18. The lowest BCUT2D eigenvalue weighted by Gasteiger charge is -2.17. The third kappa shape index (κ3) is 7.54. The van der Waals surface area contributed by atoms with Crippen LogP contribution in [0.2, 0.25) is 0 Å². The Balaban J connectivity index is 2.38. The first-order chi connectivity index (χ1) is 8.76. The number of thiophene rings is 1. The van der Waals surface area contributed by atoms with Gasteiger partial charge in [-0.2, -0.15) is 13.2 Å². The molecule has 1 rings (SSSR count). The van der Waals surface area contributed by atoms with Gasteiger partial charge in [-0.3, -0.25) is 4.90 Å². The summed E-state index contributed by atoms with van der Waals surface area (Å²) in [6.07, 6.45) is -4.13. The third-order valence-corrected chi connectivity index (χ3v) is 3.51. The molecule has 0 atom stereocenters. The number of hydrogen-bond acceptors (Lipinski definition) is 3. The maximum absolute atomic E-state index is 12.2. The third-order valence-electron chi connectivity index (χ3n) is 2.44. The Morgan fingerprint density at radius 3 is 2.47 bits per heavy atom. The van der Waals surface area contributed by atoms with Crippen molar-refractivity contribution in [1.29, 1.82) is 0 Å². The molecule has 1 aromatic rings. The highest BCUT2D eigenvalue weighted by atomic mass is 32.1. The number of hydrogen-bond donors (Lipinski definition) is 1. The minimum Gasteiger partial charge on any atom is -0.312 e. The summed E-state index contributed by atoms with van der Waals surface area (Å²) in [5.74, 6) is 0.595. The Morgan fingerprint density at radius 2 is 1.89 bits per heavy atom. The zero-order valence-corrected chi connectivity index (χ0v) is 12.4. The van der Waals surface area contributed by atoms with Crippen LogP contribution in [0.3, 0.4) is 0 Å². The van der Waals surface area contributed by atoms with Gasteiger partial charge in [0.15, 0.2) is 0 Å². The van der Waals surface area contributed by atoms with Gasteiger partial charge in [0.2, 0.25) is 0 Å². The molecular weight excluding hydrogens is 273 g/mol. The molecule has 0 aliphatic rings. The van der Waals surface area contributed by atoms with Gasteiger partial charge in [-0.1, -0.05) is 13.8 Å². The van der Waals surface area contributed by atoms with E-state index in [1.54, 1.807) is 11.3 Å². The van der Waals surface area contributed by atoms with E-state index < -0.39 is 12.7 Å². The fraction of sp³-hybridized carbons (Fsp3) is 0.692. The molecule has 2 nitrogen and oxygen atoms in total. The molecule has 0 bridgehead atoms. The molecular formula is C13H21F3N2S. The quantitative estimate of drug-likeness (QED) is 0.828. The van der Waals surface area contributed by atoms with E-state index in [9.17, 15) is 13.2 Å². The molecule has 0 saturated heterocycles. The van der Waals surface area contributed by atoms with E-state index in [4.69, 9.17) is 0 Å². The predicted octanol–water partition coefficient (Wildman–Crippen LogP) is 3.49. The molecule has 19 heavy (non-hydrogen) atoms. The molecule has 110 valence electrons. The number of halogens is 3. The van der Waals surface area contributed by atoms with Crippen LogP contribution < -0.4 is 5.32 Å². The van der Waals surface area contributed by atoms with Crippen molar-refractivity contribution in [2.75, 3.05) is 20.1 Å². The van der Waals surface area contributed by atoms with Crippen molar-refractivity contribution in [2.24, 2.45) is 5.92 Å². The van der Waals surface area contributed by atoms with E-state index in [0.717, 1.165) is 22.8 Å². The molecule has 0 aliphatic heterocycles. The highest BCUT2D eigenvalue weighted by Gasteiger charge is 2.29. The highest BCUT2D eigenvalue weighted by Crippen LogP contribution is 2.21. The van der Waals surface area contributed by atoms with Crippen LogP contribution in [0, 0.1) is 5.92 Å². The first-order valence-electron chi connectivity index (χ1n) is 6.30. The summed E-state index contributed by atoms with van der Waals surface area (Å²) in [6, 6.07) is 3.89. The zero-order chi connectivity index (χ0) is 14.5. The first kappa shape index (κ1) is 16.5. The molecule has 1 N–H and O–H groups in total. The van der Waals surface area contributed by atoms with E-state index in [1.807, 2.05) is 12.1 Å². The fourth-order valence-electron chi connectivity index (χ4n) is 1.71. The summed E-state index contributed by atoms with van der Waals surface area (Å²) in [5, 5.41) is 3.32. The Bertz CT molecular complexity index is 374. The molecule has 6 heteroatoms. The summed E-state index contributed by atoms with van der Waals surface area (Å²) in [6.45, 7) is 5.48. The molecule has 0 radical (unpaired) electrons. The second-order valence-corrected chi connectivity index (χ2v) is 6.43. The van der Waals surface area contributed by atoms with Gasteiger partial charge < -0.3 is 5.32 Å². The topological polar surface area (TPSA) is 15.3 Å². The van der Waals surface area contributed by atoms with Crippen LogP contribution in [-0.2, 0) is 13.1 Å². The summed E-state index contributed by atoms with van der Waals surface area (Å²) >= 11 is 1.57. The van der Waals surface area contributed by atoms with Gasteiger partial charge in [-0.15, -0.1) is 11.3 Å². The largest absolute Gasteiger partial charge is 0.401 e. The smallest absolute Gasteiger partial charge is 0.312 e. The second kappa shape index (κ2) is 7.26. The maximum atomic E-state index is 12.2. The Labute approximate surface area is 116 Å². The van der Waals surface area contributed by atoms with Gasteiger partial charge in [0.25, 0.3) is 0 Å². The number of nitrogens with zero attached hydrogens (tertiary/aromatic N) is 1. The van der Waals surface area contributed by atoms with Crippen LogP contribution in [0.5, 0.6) is 0 Å². The van der Waals surface area contributed by atoms with Crippen LogP contribution >= 0.6 is 11.3 Å². The maximum Gasteiger partial charge on any atom is 0.401 e. The lowest BCUT2D eigenvalue weighted by molar-refractivity contribution is -0.143. The molecule has 0 aliphatic carbocycles. The lowest BCUT2D eigenvalue weighted by atomic mass is 10.2. The standard InChI is InChI=1S/C13H21F3N2S/c1-10(2)6-17-7-11-4-5-12(19-11)8-18(3)9-13(14,15)16/h4-5,10,17H,6-9H2,1-3H3. The van der Waals surface area contributed by atoms with Crippen molar-refractivity contribution in [3.05, 3.63) is 21.9 Å². The van der Waals surface area contributed by atoms with E-state index in [1.165, 1.54) is 11.9 Å². The van der Waals surface area contributed by atoms with Crippen LogP contribution in [0.15, 0.2) is 12.1 Å². The molecule has 0 unspecified atom stereocenters. The van der Waals surface area contributed by atoms with E-state index in [0.29, 0.717) is 12.5 Å². The normalized spacial score (nSPS) is 12.6. The highest BCUT2D eigenvalue weighted by molar-refractivity contribution is 7.11. The van der Waals surface area contributed by atoms with Crippen molar-refractivity contribution in [2.45, 2.75) is 33.1 Å². The van der Waals surface area contributed by atoms with Gasteiger partial charge in [0.1, 0.15) is 0 Å². The zero-order valence-electron chi connectivity index (χ0n) is 11.5. The number of rotatable bonds is 7. The van der Waals surface area contributed by atoms with E-state index >= 15 is 0 Å². The van der Waals surface area contributed by atoms with Crippen molar-refractivity contribution in [3.63, 3.8) is 0 Å². The first-order valence-corrected chi connectivity index (χ1v) is 7.11. The Morgan fingerprint density at radius 1 is 1.26 bits per heavy atom. The Kier molecular flexibility index (Phi) is 6.29. The van der Waals surface area contributed by atoms with Crippen LogP contribution in [0.25, 0.3) is 0 Å². The molecule has 0 spiro atoms. The molecule has 1 heterocycles. The summed E-state index contributed by atoms with van der Waals surface area (Å²) in [7, 11) is 1.49. The number of nitrogens with one attached hydrogen (secondary N) is 1. The van der Waals surface area contributed by atoms with Gasteiger partial charge >= 0.3 is 6.18 Å². The Hall–Kier alpha value is -0.590. The predicted molar refractivity (Wildman–Crippen MR) is 73.3 cm³/mol. The molecule has 0 saturated carbocycles. The average molecular weight is 294 g/mol. The molecule has 0 aromatic carbocycles. The van der Waals surface area contributed by atoms with Crippen LogP contribution in [0.4, 0.5) is 13.2 Å². The summed E-state index contributed by atoms with van der Waals surface area (Å²) < 4.78 is 36.6. The van der Waals surface area contributed by atoms with Gasteiger partial charge in [-0.05, 0) is 31.6 Å². The van der Waals surface area contributed by atoms with Crippen molar-refractivity contribution >= 4 is 11.3 Å². The van der Waals surface area contributed by atoms with Gasteiger partial charge in [-0.25, -0.2) is 0 Å². The summed E-state index contributed by atoms with van der Waals surface area (Å²) in [4.78, 5) is 3.42. The minimum absolute atomic E-state index is 0.342.